The second-order valence-corrected chi connectivity index (χ2v) is 3.12. The van der Waals surface area contributed by atoms with Crippen molar-refractivity contribution in [1.29, 1.82) is 0 Å². The van der Waals surface area contributed by atoms with Crippen LogP contribution in [0.1, 0.15) is 6.42 Å². The maximum absolute atomic E-state index is 11.0. The van der Waals surface area contributed by atoms with Crippen LogP contribution >= 0.6 is 12.2 Å². The third-order valence-electron chi connectivity index (χ3n) is 1.69. The van der Waals surface area contributed by atoms with Crippen molar-refractivity contribution in [3.63, 3.8) is 0 Å². The summed E-state index contributed by atoms with van der Waals surface area (Å²) >= 11 is 4.65. The largest absolute Gasteiger partial charge is 0.376 e. The van der Waals surface area contributed by atoms with Crippen LogP contribution in [-0.2, 0) is 4.79 Å². The van der Waals surface area contributed by atoms with E-state index in [4.69, 9.17) is 5.73 Å². The predicted molar refractivity (Wildman–Crippen MR) is 46.0 cm³/mol. The standard InChI is InChI=1S/C6H11N3OS/c1-9-3-4(2-5(9)10)8-6(7)11/h4H,2-3H2,1H3,(H3,7,8,11). The number of nitrogens with zero attached hydrogens (tertiary/aromatic N) is 1. The Morgan fingerprint density at radius 1 is 1.91 bits per heavy atom. The van der Waals surface area contributed by atoms with Crippen LogP contribution in [-0.4, -0.2) is 35.6 Å². The molecule has 0 bridgehead atoms. The van der Waals surface area contributed by atoms with Crippen LogP contribution in [0.5, 0.6) is 0 Å². The summed E-state index contributed by atoms with van der Waals surface area (Å²) < 4.78 is 0. The highest BCUT2D eigenvalue weighted by Gasteiger charge is 2.26. The van der Waals surface area contributed by atoms with Gasteiger partial charge in [-0.2, -0.15) is 0 Å². The molecule has 62 valence electrons. The molecule has 1 atom stereocenters. The van der Waals surface area contributed by atoms with E-state index in [1.165, 1.54) is 0 Å². The monoisotopic (exact) mass is 173 g/mol. The second-order valence-electron chi connectivity index (χ2n) is 2.68. The average Bonchev–Trinajstić information content (AvgIpc) is 2.10. The number of rotatable bonds is 1. The van der Waals surface area contributed by atoms with Gasteiger partial charge in [-0.05, 0) is 12.2 Å². The van der Waals surface area contributed by atoms with Gasteiger partial charge in [0.05, 0.1) is 6.04 Å². The van der Waals surface area contributed by atoms with E-state index in [2.05, 4.69) is 17.5 Å². The Hall–Kier alpha value is -0.840. The molecule has 0 aliphatic carbocycles. The molecule has 1 heterocycles. The summed E-state index contributed by atoms with van der Waals surface area (Å²) in [7, 11) is 1.77. The van der Waals surface area contributed by atoms with Crippen molar-refractivity contribution in [1.82, 2.24) is 10.2 Å². The summed E-state index contributed by atoms with van der Waals surface area (Å²) in [6, 6.07) is 0.102. The normalized spacial score (nSPS) is 23.9. The van der Waals surface area contributed by atoms with Crippen molar-refractivity contribution < 1.29 is 4.79 Å². The molecule has 0 aromatic rings. The van der Waals surface area contributed by atoms with Gasteiger partial charge in [-0.25, -0.2) is 0 Å². The minimum absolute atomic E-state index is 0.102. The summed E-state index contributed by atoms with van der Waals surface area (Å²) in [6.45, 7) is 0.691. The van der Waals surface area contributed by atoms with Crippen LogP contribution in [0.4, 0.5) is 0 Å². The zero-order valence-electron chi connectivity index (χ0n) is 6.33. The Morgan fingerprint density at radius 3 is 2.91 bits per heavy atom. The van der Waals surface area contributed by atoms with E-state index in [1.54, 1.807) is 11.9 Å². The highest BCUT2D eigenvalue weighted by Crippen LogP contribution is 2.07. The molecule has 1 aliphatic rings. The summed E-state index contributed by atoms with van der Waals surface area (Å²) in [5.41, 5.74) is 5.25. The van der Waals surface area contributed by atoms with E-state index in [1.807, 2.05) is 0 Å². The van der Waals surface area contributed by atoms with Crippen molar-refractivity contribution in [2.45, 2.75) is 12.5 Å². The van der Waals surface area contributed by atoms with Gasteiger partial charge in [0.25, 0.3) is 0 Å². The van der Waals surface area contributed by atoms with Gasteiger partial charge in [-0.15, -0.1) is 0 Å². The lowest BCUT2D eigenvalue weighted by Crippen LogP contribution is -2.39. The molecule has 1 fully saturated rings. The van der Waals surface area contributed by atoms with Gasteiger partial charge in [0.2, 0.25) is 5.91 Å². The highest BCUT2D eigenvalue weighted by atomic mass is 32.1. The first-order valence-corrected chi connectivity index (χ1v) is 3.80. The first kappa shape index (κ1) is 8.26. The molecule has 3 N–H and O–H groups in total. The summed E-state index contributed by atoms with van der Waals surface area (Å²) in [5.74, 6) is 0.138. The van der Waals surface area contributed by atoms with E-state index < -0.39 is 0 Å². The molecule has 0 aromatic heterocycles. The van der Waals surface area contributed by atoms with Gasteiger partial charge < -0.3 is 16.0 Å². The number of likely N-dealkylation sites (tertiary alicyclic amines) is 1. The first-order chi connectivity index (χ1) is 5.09. The molecule has 1 saturated heterocycles. The third-order valence-corrected chi connectivity index (χ3v) is 1.81. The molecule has 4 nitrogen and oxygen atoms in total. The van der Waals surface area contributed by atoms with E-state index in [0.717, 1.165) is 0 Å². The van der Waals surface area contributed by atoms with Crippen LogP contribution in [0.25, 0.3) is 0 Å². The first-order valence-electron chi connectivity index (χ1n) is 3.39. The Morgan fingerprint density at radius 2 is 2.55 bits per heavy atom. The summed E-state index contributed by atoms with van der Waals surface area (Å²) in [6.07, 6.45) is 0.494. The lowest BCUT2D eigenvalue weighted by molar-refractivity contribution is -0.126. The van der Waals surface area contributed by atoms with Crippen molar-refractivity contribution in [2.75, 3.05) is 13.6 Å². The maximum atomic E-state index is 11.0. The highest BCUT2D eigenvalue weighted by molar-refractivity contribution is 7.80. The van der Waals surface area contributed by atoms with Gasteiger partial charge in [0.1, 0.15) is 0 Å². The molecule has 0 saturated carbocycles. The summed E-state index contributed by atoms with van der Waals surface area (Å²) in [5, 5.41) is 3.11. The number of amides is 1. The van der Waals surface area contributed by atoms with E-state index >= 15 is 0 Å². The molecule has 1 rings (SSSR count). The number of hydrogen-bond donors (Lipinski definition) is 2. The Kier molecular flexibility index (Phi) is 2.28. The lowest BCUT2D eigenvalue weighted by atomic mass is 10.3. The fraction of sp³-hybridized carbons (Fsp3) is 0.667. The van der Waals surface area contributed by atoms with Crippen LogP contribution in [0, 0.1) is 0 Å². The molecule has 1 amide bonds. The Bertz CT molecular complexity index is 192. The van der Waals surface area contributed by atoms with E-state index in [0.29, 0.717) is 13.0 Å². The van der Waals surface area contributed by atoms with Gasteiger partial charge in [0, 0.05) is 20.0 Å². The second kappa shape index (κ2) is 3.04. The van der Waals surface area contributed by atoms with Gasteiger partial charge in [-0.1, -0.05) is 0 Å². The molecule has 0 radical (unpaired) electrons. The molecule has 1 aliphatic heterocycles. The maximum Gasteiger partial charge on any atom is 0.224 e. The number of nitrogens with one attached hydrogen (secondary N) is 1. The third kappa shape index (κ3) is 2.04. The van der Waals surface area contributed by atoms with E-state index in [9.17, 15) is 4.79 Å². The molecule has 1 unspecified atom stereocenters. The number of thiocarbonyl (C=S) groups is 1. The van der Waals surface area contributed by atoms with Crippen molar-refractivity contribution in [2.24, 2.45) is 5.73 Å². The van der Waals surface area contributed by atoms with E-state index in [-0.39, 0.29) is 17.1 Å². The SMILES string of the molecule is CN1CC(NC(N)=S)CC1=O. The quantitative estimate of drug-likeness (QED) is 0.502. The predicted octanol–water partition coefficient (Wildman–Crippen LogP) is -0.950. The molecular weight excluding hydrogens is 162 g/mol. The number of likely N-dealkylation sites (N-methyl/N-ethyl adjacent to an activating group) is 1. The Labute approximate surface area is 70.7 Å². The number of carbonyl (C=O) groups excluding carboxylic acids is 1. The van der Waals surface area contributed by atoms with Gasteiger partial charge in [-0.3, -0.25) is 4.79 Å². The van der Waals surface area contributed by atoms with Crippen LogP contribution in [0.15, 0.2) is 0 Å². The topological polar surface area (TPSA) is 58.4 Å². The van der Waals surface area contributed by atoms with Crippen LogP contribution in [0.3, 0.4) is 0 Å². The Balaban J connectivity index is 2.41. The van der Waals surface area contributed by atoms with Gasteiger partial charge >= 0.3 is 0 Å². The van der Waals surface area contributed by atoms with Crippen LogP contribution < -0.4 is 11.1 Å². The fourth-order valence-electron chi connectivity index (χ4n) is 1.16. The van der Waals surface area contributed by atoms with Crippen molar-refractivity contribution >= 4 is 23.2 Å². The van der Waals surface area contributed by atoms with Crippen molar-refractivity contribution in [3.05, 3.63) is 0 Å². The molecule has 0 spiro atoms. The minimum Gasteiger partial charge on any atom is -0.376 e. The van der Waals surface area contributed by atoms with Gasteiger partial charge in [0.15, 0.2) is 5.11 Å². The smallest absolute Gasteiger partial charge is 0.224 e. The molecule has 0 aromatic carbocycles. The number of hydrogen-bond acceptors (Lipinski definition) is 2. The minimum atomic E-state index is 0.102. The molecular formula is C6H11N3OS. The zero-order valence-corrected chi connectivity index (χ0v) is 7.15. The zero-order chi connectivity index (χ0) is 8.43. The van der Waals surface area contributed by atoms with Crippen molar-refractivity contribution in [3.8, 4) is 0 Å². The fourth-order valence-corrected chi connectivity index (χ4v) is 1.33. The number of carbonyl (C=O) groups is 1. The average molecular weight is 173 g/mol. The summed E-state index contributed by atoms with van der Waals surface area (Å²) in [4.78, 5) is 12.6. The van der Waals surface area contributed by atoms with Crippen LogP contribution in [0.2, 0.25) is 0 Å². The number of nitrogens with two attached hydrogens (primary N) is 1. The molecule has 5 heteroatoms. The lowest BCUT2D eigenvalue weighted by Gasteiger charge is -2.11. The molecule has 11 heavy (non-hydrogen) atoms.